The maximum absolute atomic E-state index is 12.3. The van der Waals surface area contributed by atoms with Gasteiger partial charge < -0.3 is 10.2 Å². The van der Waals surface area contributed by atoms with E-state index < -0.39 is 0 Å². The molecule has 0 aromatic carbocycles. The number of amides is 1. The van der Waals surface area contributed by atoms with Crippen molar-refractivity contribution in [3.05, 3.63) is 0 Å². The molecule has 108 valence electrons. The second kappa shape index (κ2) is 6.25. The van der Waals surface area contributed by atoms with Gasteiger partial charge in [-0.25, -0.2) is 0 Å². The van der Waals surface area contributed by atoms with Gasteiger partial charge >= 0.3 is 0 Å². The summed E-state index contributed by atoms with van der Waals surface area (Å²) in [5.41, 5.74) is 0. The molecule has 2 heterocycles. The number of hydrogen-bond acceptors (Lipinski definition) is 2. The number of rotatable bonds is 3. The van der Waals surface area contributed by atoms with Gasteiger partial charge in [0.15, 0.2) is 0 Å². The second-order valence-corrected chi connectivity index (χ2v) is 6.80. The van der Waals surface area contributed by atoms with Gasteiger partial charge in [0, 0.05) is 25.6 Å². The van der Waals surface area contributed by atoms with Crippen molar-refractivity contribution in [3.8, 4) is 0 Å². The van der Waals surface area contributed by atoms with E-state index in [1.54, 1.807) is 0 Å². The predicted molar refractivity (Wildman–Crippen MR) is 76.9 cm³/mol. The van der Waals surface area contributed by atoms with Crippen LogP contribution in [-0.2, 0) is 4.79 Å². The van der Waals surface area contributed by atoms with Crippen LogP contribution in [0.25, 0.3) is 0 Å². The molecule has 0 radical (unpaired) electrons. The molecule has 0 aromatic heterocycles. The summed E-state index contributed by atoms with van der Waals surface area (Å²) in [7, 11) is 0. The molecule has 0 aromatic rings. The van der Waals surface area contributed by atoms with E-state index in [-0.39, 0.29) is 0 Å². The molecule has 3 heteroatoms. The minimum absolute atomic E-state index is 0.418. The fraction of sp³-hybridized carbons (Fsp3) is 0.938. The van der Waals surface area contributed by atoms with Crippen molar-refractivity contribution < 1.29 is 4.79 Å². The second-order valence-electron chi connectivity index (χ2n) is 6.80. The highest BCUT2D eigenvalue weighted by Gasteiger charge is 2.36. The SMILES string of the molecule is O=C(CCC1CCCCC1)N1C[C@@H]2CCCN[C@@H]2C1. The van der Waals surface area contributed by atoms with E-state index in [0.717, 1.165) is 44.3 Å². The van der Waals surface area contributed by atoms with Crippen LogP contribution >= 0.6 is 0 Å². The number of hydrogen-bond donors (Lipinski definition) is 1. The number of fused-ring (bicyclic) bond motifs is 1. The van der Waals surface area contributed by atoms with E-state index in [2.05, 4.69) is 10.2 Å². The van der Waals surface area contributed by atoms with Gasteiger partial charge in [0.25, 0.3) is 0 Å². The first-order valence-corrected chi connectivity index (χ1v) is 8.34. The van der Waals surface area contributed by atoms with E-state index in [4.69, 9.17) is 0 Å². The Balaban J connectivity index is 1.43. The fourth-order valence-corrected chi connectivity index (χ4v) is 4.21. The minimum Gasteiger partial charge on any atom is -0.341 e. The van der Waals surface area contributed by atoms with Crippen LogP contribution in [0.15, 0.2) is 0 Å². The zero-order valence-electron chi connectivity index (χ0n) is 12.1. The number of carbonyl (C=O) groups excluding carboxylic acids is 1. The maximum Gasteiger partial charge on any atom is 0.222 e. The van der Waals surface area contributed by atoms with E-state index in [0.29, 0.717) is 11.9 Å². The van der Waals surface area contributed by atoms with Gasteiger partial charge in [-0.15, -0.1) is 0 Å². The zero-order valence-corrected chi connectivity index (χ0v) is 12.1. The van der Waals surface area contributed by atoms with Crippen molar-refractivity contribution in [3.63, 3.8) is 0 Å². The molecule has 1 aliphatic carbocycles. The van der Waals surface area contributed by atoms with Crippen LogP contribution in [-0.4, -0.2) is 36.5 Å². The Bertz CT molecular complexity index is 298. The summed E-state index contributed by atoms with van der Waals surface area (Å²) in [4.78, 5) is 14.5. The van der Waals surface area contributed by atoms with Crippen molar-refractivity contribution in [2.24, 2.45) is 11.8 Å². The van der Waals surface area contributed by atoms with Crippen LogP contribution in [0.5, 0.6) is 0 Å². The number of nitrogens with one attached hydrogen (secondary N) is 1. The van der Waals surface area contributed by atoms with Gasteiger partial charge in [-0.2, -0.15) is 0 Å². The van der Waals surface area contributed by atoms with Crippen LogP contribution in [0.4, 0.5) is 0 Å². The fourth-order valence-electron chi connectivity index (χ4n) is 4.21. The lowest BCUT2D eigenvalue weighted by Crippen LogP contribution is -2.41. The number of piperidine rings is 1. The van der Waals surface area contributed by atoms with Crippen LogP contribution in [0.3, 0.4) is 0 Å². The molecule has 3 rings (SSSR count). The molecule has 0 spiro atoms. The summed E-state index contributed by atoms with van der Waals surface area (Å²) < 4.78 is 0. The predicted octanol–water partition coefficient (Wildman–Crippen LogP) is 2.56. The zero-order chi connectivity index (χ0) is 13.1. The molecule has 1 N–H and O–H groups in total. The first-order valence-electron chi connectivity index (χ1n) is 8.34. The Labute approximate surface area is 117 Å². The molecule has 2 aliphatic heterocycles. The Morgan fingerprint density at radius 1 is 1.05 bits per heavy atom. The highest BCUT2D eigenvalue weighted by molar-refractivity contribution is 5.76. The third-order valence-electron chi connectivity index (χ3n) is 5.44. The molecule has 0 unspecified atom stereocenters. The summed E-state index contributed by atoms with van der Waals surface area (Å²) in [6.45, 7) is 3.13. The standard InChI is InChI=1S/C16H28N2O/c19-16(9-8-13-5-2-1-3-6-13)18-11-14-7-4-10-17-15(14)12-18/h13-15,17H,1-12H2/t14-,15+/m0/s1. The largest absolute Gasteiger partial charge is 0.341 e. The normalized spacial score (nSPS) is 32.3. The molecule has 3 fully saturated rings. The lowest BCUT2D eigenvalue weighted by Gasteiger charge is -2.24. The number of nitrogens with zero attached hydrogens (tertiary/aromatic N) is 1. The number of carbonyl (C=O) groups is 1. The molecular weight excluding hydrogens is 236 g/mol. The van der Waals surface area contributed by atoms with Crippen molar-refractivity contribution in [1.29, 1.82) is 0 Å². The summed E-state index contributed by atoms with van der Waals surface area (Å²) in [5, 5.41) is 3.58. The summed E-state index contributed by atoms with van der Waals surface area (Å²) in [6.07, 6.45) is 11.4. The monoisotopic (exact) mass is 264 g/mol. The van der Waals surface area contributed by atoms with Gasteiger partial charge in [0.05, 0.1) is 0 Å². The third kappa shape index (κ3) is 3.31. The van der Waals surface area contributed by atoms with Crippen LogP contribution in [0.1, 0.15) is 57.8 Å². The summed E-state index contributed by atoms with van der Waals surface area (Å²) in [5.74, 6) is 1.98. The van der Waals surface area contributed by atoms with Crippen LogP contribution in [0, 0.1) is 11.8 Å². The minimum atomic E-state index is 0.418. The van der Waals surface area contributed by atoms with E-state index in [9.17, 15) is 4.79 Å². The lowest BCUT2D eigenvalue weighted by atomic mass is 9.86. The van der Waals surface area contributed by atoms with Crippen molar-refractivity contribution >= 4 is 5.91 Å². The van der Waals surface area contributed by atoms with Crippen molar-refractivity contribution in [2.75, 3.05) is 19.6 Å². The number of likely N-dealkylation sites (tertiary alicyclic amines) is 1. The lowest BCUT2D eigenvalue weighted by molar-refractivity contribution is -0.130. The molecule has 1 saturated carbocycles. The average Bonchev–Trinajstić information content (AvgIpc) is 2.90. The summed E-state index contributed by atoms with van der Waals surface area (Å²) in [6, 6.07) is 0.590. The first kappa shape index (κ1) is 13.4. The Kier molecular flexibility index (Phi) is 4.42. The van der Waals surface area contributed by atoms with Gasteiger partial charge in [0.1, 0.15) is 0 Å². The Morgan fingerprint density at radius 3 is 2.68 bits per heavy atom. The van der Waals surface area contributed by atoms with Crippen LogP contribution in [0.2, 0.25) is 0 Å². The van der Waals surface area contributed by atoms with E-state index in [1.807, 2.05) is 0 Å². The highest BCUT2D eigenvalue weighted by Crippen LogP contribution is 2.29. The topological polar surface area (TPSA) is 32.3 Å². The quantitative estimate of drug-likeness (QED) is 0.849. The molecule has 1 amide bonds. The maximum atomic E-state index is 12.3. The highest BCUT2D eigenvalue weighted by atomic mass is 16.2. The smallest absolute Gasteiger partial charge is 0.222 e. The molecule has 2 saturated heterocycles. The van der Waals surface area contributed by atoms with Gasteiger partial charge in [-0.1, -0.05) is 32.1 Å². The molecular formula is C16H28N2O. The molecule has 19 heavy (non-hydrogen) atoms. The third-order valence-corrected chi connectivity index (χ3v) is 5.44. The first-order chi connectivity index (χ1) is 9.33. The van der Waals surface area contributed by atoms with Crippen molar-refractivity contribution in [1.82, 2.24) is 10.2 Å². The van der Waals surface area contributed by atoms with Gasteiger partial charge in [-0.05, 0) is 37.6 Å². The van der Waals surface area contributed by atoms with E-state index >= 15 is 0 Å². The molecule has 2 atom stereocenters. The van der Waals surface area contributed by atoms with E-state index in [1.165, 1.54) is 44.9 Å². The van der Waals surface area contributed by atoms with Gasteiger partial charge in [0.2, 0.25) is 5.91 Å². The molecule has 0 bridgehead atoms. The summed E-state index contributed by atoms with van der Waals surface area (Å²) >= 11 is 0. The van der Waals surface area contributed by atoms with Crippen LogP contribution < -0.4 is 5.32 Å². The average molecular weight is 264 g/mol. The van der Waals surface area contributed by atoms with Gasteiger partial charge in [-0.3, -0.25) is 4.79 Å². The Morgan fingerprint density at radius 2 is 1.89 bits per heavy atom. The molecule has 3 nitrogen and oxygen atoms in total. The molecule has 3 aliphatic rings. The van der Waals surface area contributed by atoms with Crippen molar-refractivity contribution in [2.45, 2.75) is 63.8 Å². The Hall–Kier alpha value is -0.570.